The summed E-state index contributed by atoms with van der Waals surface area (Å²) in [5.74, 6) is -0.903. The number of nitrogens with zero attached hydrogens (tertiary/aromatic N) is 1. The molecule has 1 aliphatic rings. The van der Waals surface area contributed by atoms with Crippen molar-refractivity contribution in [2.45, 2.75) is 32.2 Å². The maximum Gasteiger partial charge on any atom is 0.257 e. The van der Waals surface area contributed by atoms with Crippen molar-refractivity contribution in [3.8, 4) is 0 Å². The molecule has 2 aromatic rings. The van der Waals surface area contributed by atoms with Gasteiger partial charge in [-0.15, -0.1) is 0 Å². The first-order valence-corrected chi connectivity index (χ1v) is 9.18. The molecule has 0 spiro atoms. The van der Waals surface area contributed by atoms with Crippen LogP contribution in [0.25, 0.3) is 0 Å². The van der Waals surface area contributed by atoms with Gasteiger partial charge in [0.05, 0.1) is 0 Å². The Bertz CT molecular complexity index is 794. The number of hydrogen-bond acceptors (Lipinski definition) is 3. The van der Waals surface area contributed by atoms with Crippen LogP contribution in [0.2, 0.25) is 0 Å². The van der Waals surface area contributed by atoms with E-state index in [1.807, 2.05) is 12.1 Å². The molecule has 0 bridgehead atoms. The molecule has 2 aromatic carbocycles. The Hall–Kier alpha value is -2.47. The van der Waals surface area contributed by atoms with E-state index in [9.17, 15) is 9.18 Å². The third-order valence-corrected chi connectivity index (χ3v) is 4.78. The minimum absolute atomic E-state index is 0.179. The Labute approximate surface area is 158 Å². The molecule has 1 saturated heterocycles. The highest BCUT2D eigenvalue weighted by Crippen LogP contribution is 2.25. The van der Waals surface area contributed by atoms with E-state index in [0.29, 0.717) is 6.04 Å². The fourth-order valence-corrected chi connectivity index (χ4v) is 3.40. The number of halogens is 1. The molecule has 3 rings (SSSR count). The second kappa shape index (κ2) is 8.27. The summed E-state index contributed by atoms with van der Waals surface area (Å²) in [6.07, 6.45) is 3.73. The Morgan fingerprint density at radius 3 is 2.65 bits per heavy atom. The highest BCUT2D eigenvalue weighted by Gasteiger charge is 2.18. The van der Waals surface area contributed by atoms with Gasteiger partial charge < -0.3 is 10.2 Å². The van der Waals surface area contributed by atoms with Crippen LogP contribution in [-0.2, 0) is 0 Å². The summed E-state index contributed by atoms with van der Waals surface area (Å²) in [7, 11) is 0. The number of carbonyl (C=O) groups excluding carboxylic acids is 1. The van der Waals surface area contributed by atoms with Crippen LogP contribution < -0.4 is 15.5 Å². The predicted molar refractivity (Wildman–Crippen MR) is 107 cm³/mol. The zero-order chi connectivity index (χ0) is 18.5. The van der Waals surface area contributed by atoms with Crippen molar-refractivity contribution in [3.63, 3.8) is 0 Å². The Kier molecular flexibility index (Phi) is 5.83. The minimum Gasteiger partial charge on any atom is -0.369 e. The predicted octanol–water partition coefficient (Wildman–Crippen LogP) is 4.33. The van der Waals surface area contributed by atoms with Crippen molar-refractivity contribution < 1.29 is 9.18 Å². The fourth-order valence-electron chi connectivity index (χ4n) is 3.19. The third kappa shape index (κ3) is 4.58. The van der Waals surface area contributed by atoms with Gasteiger partial charge in [0.1, 0.15) is 5.82 Å². The van der Waals surface area contributed by atoms with Crippen molar-refractivity contribution >= 4 is 34.6 Å². The van der Waals surface area contributed by atoms with Crippen molar-refractivity contribution in [2.24, 2.45) is 0 Å². The largest absolute Gasteiger partial charge is 0.369 e. The second-order valence-corrected chi connectivity index (χ2v) is 6.91. The third-order valence-electron chi connectivity index (χ3n) is 4.57. The molecule has 0 aliphatic carbocycles. The van der Waals surface area contributed by atoms with E-state index >= 15 is 0 Å². The molecule has 2 N–H and O–H groups in total. The Balaban J connectivity index is 1.58. The topological polar surface area (TPSA) is 44.4 Å². The first kappa shape index (κ1) is 18.3. The molecule has 136 valence electrons. The van der Waals surface area contributed by atoms with Crippen LogP contribution in [0.3, 0.4) is 0 Å². The number of hydrogen-bond donors (Lipinski definition) is 2. The van der Waals surface area contributed by atoms with E-state index in [2.05, 4.69) is 34.6 Å². The van der Waals surface area contributed by atoms with Gasteiger partial charge in [-0.05, 0) is 80.9 Å². The van der Waals surface area contributed by atoms with Gasteiger partial charge in [0.25, 0.3) is 5.91 Å². The van der Waals surface area contributed by atoms with Crippen LogP contribution in [0.15, 0.2) is 48.5 Å². The summed E-state index contributed by atoms with van der Waals surface area (Å²) in [6.45, 7) is 3.33. The number of anilines is 2. The number of thiocarbonyl (C=S) groups is 1. The van der Waals surface area contributed by atoms with Crippen LogP contribution in [0.1, 0.15) is 36.5 Å². The van der Waals surface area contributed by atoms with Gasteiger partial charge in [-0.1, -0.05) is 6.07 Å². The average molecular weight is 371 g/mol. The van der Waals surface area contributed by atoms with Crippen LogP contribution in [0.5, 0.6) is 0 Å². The van der Waals surface area contributed by atoms with Gasteiger partial charge in [-0.3, -0.25) is 10.1 Å². The number of piperidine rings is 1. The van der Waals surface area contributed by atoms with Gasteiger partial charge in [-0.2, -0.15) is 0 Å². The Morgan fingerprint density at radius 2 is 1.96 bits per heavy atom. The molecule has 1 heterocycles. The first-order chi connectivity index (χ1) is 12.5. The molecule has 0 aromatic heterocycles. The van der Waals surface area contributed by atoms with E-state index in [1.54, 1.807) is 0 Å². The summed E-state index contributed by atoms with van der Waals surface area (Å²) in [4.78, 5) is 14.5. The normalized spacial score (nSPS) is 16.8. The van der Waals surface area contributed by atoms with Gasteiger partial charge in [0.15, 0.2) is 5.11 Å². The highest BCUT2D eigenvalue weighted by atomic mass is 32.1. The maximum absolute atomic E-state index is 13.2. The smallest absolute Gasteiger partial charge is 0.257 e. The van der Waals surface area contributed by atoms with E-state index < -0.39 is 11.7 Å². The van der Waals surface area contributed by atoms with Crippen molar-refractivity contribution in [2.75, 3.05) is 16.8 Å². The zero-order valence-electron chi connectivity index (χ0n) is 14.7. The number of nitrogens with one attached hydrogen (secondary N) is 2. The molecule has 0 radical (unpaired) electrons. The monoisotopic (exact) mass is 371 g/mol. The molecule has 0 unspecified atom stereocenters. The second-order valence-electron chi connectivity index (χ2n) is 6.50. The number of rotatable bonds is 3. The molecule has 1 atom stereocenters. The van der Waals surface area contributed by atoms with E-state index in [1.165, 1.54) is 49.2 Å². The molecule has 6 heteroatoms. The highest BCUT2D eigenvalue weighted by molar-refractivity contribution is 7.80. The molecule has 0 saturated carbocycles. The molecular formula is C20H22FN3OS. The number of benzene rings is 2. The summed E-state index contributed by atoms with van der Waals surface area (Å²) in [5, 5.41) is 5.73. The van der Waals surface area contributed by atoms with E-state index in [0.717, 1.165) is 12.2 Å². The van der Waals surface area contributed by atoms with Gasteiger partial charge in [0, 0.05) is 29.5 Å². The lowest BCUT2D eigenvalue weighted by molar-refractivity contribution is 0.0977. The lowest BCUT2D eigenvalue weighted by Gasteiger charge is -2.35. The summed E-state index contributed by atoms with van der Waals surface area (Å²) < 4.78 is 13.2. The molecular weight excluding hydrogens is 349 g/mol. The average Bonchev–Trinajstić information content (AvgIpc) is 2.63. The van der Waals surface area contributed by atoms with Crippen molar-refractivity contribution in [3.05, 3.63) is 59.9 Å². The standard InChI is InChI=1S/C20H22FN3OS/c1-14-5-2-3-12-24(14)18-10-8-17(9-11-18)22-20(26)23-19(25)15-6-4-7-16(21)13-15/h4,6-11,13-14H,2-3,5,12H2,1H3,(H2,22,23,25,26)/t14-/m1/s1. The molecule has 1 fully saturated rings. The molecule has 1 amide bonds. The summed E-state index contributed by atoms with van der Waals surface area (Å²) in [6, 6.07) is 14.0. The van der Waals surface area contributed by atoms with Gasteiger partial charge >= 0.3 is 0 Å². The van der Waals surface area contributed by atoms with Crippen molar-refractivity contribution in [1.29, 1.82) is 0 Å². The fraction of sp³-hybridized carbons (Fsp3) is 0.300. The van der Waals surface area contributed by atoms with Gasteiger partial charge in [-0.25, -0.2) is 4.39 Å². The quantitative estimate of drug-likeness (QED) is 0.788. The Morgan fingerprint density at radius 1 is 1.19 bits per heavy atom. The lowest BCUT2D eigenvalue weighted by Crippen LogP contribution is -2.37. The maximum atomic E-state index is 13.2. The van der Waals surface area contributed by atoms with Crippen molar-refractivity contribution in [1.82, 2.24) is 5.32 Å². The van der Waals surface area contributed by atoms with Crippen LogP contribution >= 0.6 is 12.2 Å². The van der Waals surface area contributed by atoms with Crippen LogP contribution in [0.4, 0.5) is 15.8 Å². The van der Waals surface area contributed by atoms with Gasteiger partial charge in [0.2, 0.25) is 0 Å². The van der Waals surface area contributed by atoms with Crippen LogP contribution in [0, 0.1) is 5.82 Å². The lowest BCUT2D eigenvalue weighted by atomic mass is 10.0. The van der Waals surface area contributed by atoms with E-state index in [4.69, 9.17) is 12.2 Å². The zero-order valence-corrected chi connectivity index (χ0v) is 15.5. The molecule has 1 aliphatic heterocycles. The van der Waals surface area contributed by atoms with Crippen LogP contribution in [-0.4, -0.2) is 23.6 Å². The SMILES string of the molecule is C[C@@H]1CCCCN1c1ccc(NC(=S)NC(=O)c2cccc(F)c2)cc1. The molecule has 26 heavy (non-hydrogen) atoms. The first-order valence-electron chi connectivity index (χ1n) is 8.77. The summed E-state index contributed by atoms with van der Waals surface area (Å²) in [5.41, 5.74) is 2.21. The number of carbonyl (C=O) groups is 1. The number of amides is 1. The minimum atomic E-state index is -0.459. The van der Waals surface area contributed by atoms with E-state index in [-0.39, 0.29) is 10.7 Å². The molecule has 4 nitrogen and oxygen atoms in total. The summed E-state index contributed by atoms with van der Waals surface area (Å²) >= 11 is 5.17.